The van der Waals surface area contributed by atoms with Gasteiger partial charge in [0.05, 0.1) is 15.5 Å². The second kappa shape index (κ2) is 8.51. The second-order valence-corrected chi connectivity index (χ2v) is 7.88. The lowest BCUT2D eigenvalue weighted by Gasteiger charge is -2.12. The molecule has 0 aromatic heterocycles. The number of nitrogens with one attached hydrogen (secondary N) is 3. The van der Waals surface area contributed by atoms with Crippen LogP contribution in [0.3, 0.4) is 0 Å². The Morgan fingerprint density at radius 2 is 1.74 bits per heavy atom. The average Bonchev–Trinajstić information content (AvgIpc) is 2.62. The lowest BCUT2D eigenvalue weighted by molar-refractivity contribution is 0.0961. The number of hydrogen-bond acceptors (Lipinski definition) is 4. The van der Waals surface area contributed by atoms with Crippen LogP contribution in [0.25, 0.3) is 0 Å². The third-order valence-electron chi connectivity index (χ3n) is 3.79. The number of halogens is 1. The molecule has 0 aliphatic carbocycles. The van der Waals surface area contributed by atoms with E-state index in [1.54, 1.807) is 26.0 Å². The number of carbonyl (C=O) groups is 2. The van der Waals surface area contributed by atoms with Gasteiger partial charge in [-0.1, -0.05) is 24.6 Å². The Morgan fingerprint density at radius 1 is 1.04 bits per heavy atom. The molecule has 0 unspecified atom stereocenters. The first-order valence-corrected chi connectivity index (χ1v) is 9.99. The Kier molecular flexibility index (Phi) is 6.59. The highest BCUT2D eigenvalue weighted by Crippen LogP contribution is 2.22. The van der Waals surface area contributed by atoms with Crippen molar-refractivity contribution in [2.45, 2.75) is 18.7 Å². The molecule has 0 spiro atoms. The molecule has 2 rings (SSSR count). The van der Waals surface area contributed by atoms with Gasteiger partial charge in [0.1, 0.15) is 0 Å². The van der Waals surface area contributed by atoms with Gasteiger partial charge in [0, 0.05) is 24.8 Å². The molecule has 3 N–H and O–H groups in total. The van der Waals surface area contributed by atoms with Crippen molar-refractivity contribution >= 4 is 39.1 Å². The summed E-state index contributed by atoms with van der Waals surface area (Å²) in [4.78, 5) is 24.5. The largest absolute Gasteiger partial charge is 0.355 e. The molecule has 2 amide bonds. The van der Waals surface area contributed by atoms with Gasteiger partial charge in [-0.3, -0.25) is 9.59 Å². The van der Waals surface area contributed by atoms with Crippen molar-refractivity contribution in [3.63, 3.8) is 0 Å². The van der Waals surface area contributed by atoms with Crippen LogP contribution in [0.2, 0.25) is 5.02 Å². The first-order valence-electron chi connectivity index (χ1n) is 8.13. The molecule has 0 atom stereocenters. The van der Waals surface area contributed by atoms with Crippen molar-refractivity contribution in [2.24, 2.45) is 0 Å². The zero-order valence-corrected chi connectivity index (χ0v) is 16.7. The zero-order valence-electron chi connectivity index (χ0n) is 15.1. The molecular weight excluding hydrogens is 390 g/mol. The van der Waals surface area contributed by atoms with Crippen molar-refractivity contribution in [3.8, 4) is 0 Å². The molecule has 9 heteroatoms. The van der Waals surface area contributed by atoms with Gasteiger partial charge in [-0.2, -0.15) is 0 Å². The SMILES string of the molecule is CCNS(=O)(=O)c1ccc(C)c(C(=O)Nc2ccc(Cl)c(C(=O)NC)c2)c1. The number of carbonyl (C=O) groups excluding carboxylic acids is 2. The topological polar surface area (TPSA) is 104 Å². The second-order valence-electron chi connectivity index (χ2n) is 5.71. The lowest BCUT2D eigenvalue weighted by Crippen LogP contribution is -2.24. The predicted octanol–water partition coefficient (Wildman–Crippen LogP) is 2.56. The number of benzene rings is 2. The van der Waals surface area contributed by atoms with E-state index >= 15 is 0 Å². The van der Waals surface area contributed by atoms with Crippen molar-refractivity contribution in [1.82, 2.24) is 10.0 Å². The summed E-state index contributed by atoms with van der Waals surface area (Å²) in [6.07, 6.45) is 0. The van der Waals surface area contributed by atoms with Crippen LogP contribution in [-0.2, 0) is 10.0 Å². The van der Waals surface area contributed by atoms with Crippen LogP contribution in [0.5, 0.6) is 0 Å². The molecule has 0 radical (unpaired) electrons. The summed E-state index contributed by atoms with van der Waals surface area (Å²) in [7, 11) is -2.21. The Balaban J connectivity index is 2.35. The van der Waals surface area contributed by atoms with Gasteiger partial charge < -0.3 is 10.6 Å². The summed E-state index contributed by atoms with van der Waals surface area (Å²) in [5, 5.41) is 5.39. The quantitative estimate of drug-likeness (QED) is 0.681. The van der Waals surface area contributed by atoms with Crippen LogP contribution in [0, 0.1) is 6.92 Å². The van der Waals surface area contributed by atoms with E-state index in [-0.39, 0.29) is 33.5 Å². The van der Waals surface area contributed by atoms with Crippen LogP contribution < -0.4 is 15.4 Å². The Labute approximate surface area is 163 Å². The van der Waals surface area contributed by atoms with Gasteiger partial charge in [-0.05, 0) is 42.8 Å². The third kappa shape index (κ3) is 4.85. The molecule has 2 aromatic carbocycles. The molecule has 0 saturated heterocycles. The Bertz CT molecular complexity index is 990. The first kappa shape index (κ1) is 20.9. The minimum Gasteiger partial charge on any atom is -0.355 e. The fourth-order valence-corrected chi connectivity index (χ4v) is 3.67. The summed E-state index contributed by atoms with van der Waals surface area (Å²) in [5.41, 5.74) is 1.41. The van der Waals surface area contributed by atoms with E-state index in [1.165, 1.54) is 31.3 Å². The number of anilines is 1. The van der Waals surface area contributed by atoms with E-state index in [2.05, 4.69) is 15.4 Å². The van der Waals surface area contributed by atoms with Crippen molar-refractivity contribution in [1.29, 1.82) is 0 Å². The number of rotatable bonds is 6. The van der Waals surface area contributed by atoms with Crippen LogP contribution in [0.4, 0.5) is 5.69 Å². The number of hydrogen-bond donors (Lipinski definition) is 3. The van der Waals surface area contributed by atoms with Gasteiger partial charge in [-0.25, -0.2) is 13.1 Å². The molecule has 2 aromatic rings. The molecule has 0 aliphatic heterocycles. The van der Waals surface area contributed by atoms with E-state index in [4.69, 9.17) is 11.6 Å². The fourth-order valence-electron chi connectivity index (χ4n) is 2.40. The summed E-state index contributed by atoms with van der Waals surface area (Å²) in [5.74, 6) is -0.878. The summed E-state index contributed by atoms with van der Waals surface area (Å²) in [6, 6.07) is 8.83. The molecule has 0 aliphatic rings. The Hall–Kier alpha value is -2.42. The summed E-state index contributed by atoms with van der Waals surface area (Å²) >= 11 is 6.00. The highest BCUT2D eigenvalue weighted by molar-refractivity contribution is 7.89. The molecular formula is C18H20ClN3O4S. The van der Waals surface area contributed by atoms with E-state index in [0.29, 0.717) is 11.3 Å². The van der Waals surface area contributed by atoms with E-state index in [1.807, 2.05) is 0 Å². The number of aryl methyl sites for hydroxylation is 1. The van der Waals surface area contributed by atoms with E-state index < -0.39 is 15.9 Å². The van der Waals surface area contributed by atoms with Crippen LogP contribution in [0.1, 0.15) is 33.2 Å². The summed E-state index contributed by atoms with van der Waals surface area (Å²) in [6.45, 7) is 3.62. The summed E-state index contributed by atoms with van der Waals surface area (Å²) < 4.78 is 26.7. The monoisotopic (exact) mass is 409 g/mol. The molecule has 27 heavy (non-hydrogen) atoms. The van der Waals surface area contributed by atoms with Gasteiger partial charge in [0.25, 0.3) is 11.8 Å². The van der Waals surface area contributed by atoms with Gasteiger partial charge in [-0.15, -0.1) is 0 Å². The molecule has 0 bridgehead atoms. The molecule has 0 saturated carbocycles. The smallest absolute Gasteiger partial charge is 0.255 e. The van der Waals surface area contributed by atoms with Crippen molar-refractivity contribution in [2.75, 3.05) is 18.9 Å². The zero-order chi connectivity index (χ0) is 20.2. The predicted molar refractivity (Wildman–Crippen MR) is 105 cm³/mol. The molecule has 0 fully saturated rings. The van der Waals surface area contributed by atoms with Gasteiger partial charge in [0.15, 0.2) is 0 Å². The fraction of sp³-hybridized carbons (Fsp3) is 0.222. The maximum absolute atomic E-state index is 12.6. The minimum atomic E-state index is -3.68. The van der Waals surface area contributed by atoms with Gasteiger partial charge in [0.2, 0.25) is 10.0 Å². The molecule has 0 heterocycles. The average molecular weight is 410 g/mol. The van der Waals surface area contributed by atoms with E-state index in [0.717, 1.165) is 0 Å². The highest BCUT2D eigenvalue weighted by Gasteiger charge is 2.18. The minimum absolute atomic E-state index is 0.00209. The third-order valence-corrected chi connectivity index (χ3v) is 5.67. The van der Waals surface area contributed by atoms with Crippen LogP contribution in [-0.4, -0.2) is 33.8 Å². The number of amides is 2. The molecule has 144 valence electrons. The first-order chi connectivity index (χ1) is 12.7. The number of sulfonamides is 1. The van der Waals surface area contributed by atoms with Gasteiger partial charge >= 0.3 is 0 Å². The maximum Gasteiger partial charge on any atom is 0.255 e. The van der Waals surface area contributed by atoms with Crippen LogP contribution in [0.15, 0.2) is 41.3 Å². The van der Waals surface area contributed by atoms with Crippen molar-refractivity contribution in [3.05, 3.63) is 58.1 Å². The maximum atomic E-state index is 12.6. The Morgan fingerprint density at radius 3 is 2.37 bits per heavy atom. The van der Waals surface area contributed by atoms with Crippen molar-refractivity contribution < 1.29 is 18.0 Å². The standard InChI is InChI=1S/C18H20ClN3O4S/c1-4-21-27(25,26)13-7-5-11(2)14(10-13)18(24)22-12-6-8-16(19)15(9-12)17(23)20-3/h5-10,21H,4H2,1-3H3,(H,20,23)(H,22,24). The normalized spacial score (nSPS) is 11.1. The van der Waals surface area contributed by atoms with E-state index in [9.17, 15) is 18.0 Å². The van der Waals surface area contributed by atoms with Crippen LogP contribution >= 0.6 is 11.6 Å². The molecule has 7 nitrogen and oxygen atoms in total. The highest BCUT2D eigenvalue weighted by atomic mass is 35.5. The lowest BCUT2D eigenvalue weighted by atomic mass is 10.1.